The smallest absolute Gasteiger partial charge is 0.274 e. The molecule has 0 aromatic heterocycles. The zero-order valence-electron chi connectivity index (χ0n) is 11.7. The van der Waals surface area contributed by atoms with Crippen molar-refractivity contribution in [1.29, 1.82) is 0 Å². The Morgan fingerprint density at radius 3 is 2.75 bits per heavy atom. The maximum absolute atomic E-state index is 11.2. The molecule has 0 radical (unpaired) electrons. The Kier molecular flexibility index (Phi) is 4.92. The third kappa shape index (κ3) is 3.26. The zero-order valence-corrected chi connectivity index (χ0v) is 11.7. The molecule has 0 unspecified atom stereocenters. The lowest BCUT2D eigenvalue weighted by molar-refractivity contribution is -0.386. The van der Waals surface area contributed by atoms with Gasteiger partial charge in [-0.05, 0) is 18.6 Å². The molecule has 0 bridgehead atoms. The molecule has 2 N–H and O–H groups in total. The molecule has 1 saturated heterocycles. The van der Waals surface area contributed by atoms with Gasteiger partial charge in [-0.3, -0.25) is 15.0 Å². The maximum Gasteiger partial charge on any atom is 0.274 e. The highest BCUT2D eigenvalue weighted by Gasteiger charge is 2.28. The van der Waals surface area contributed by atoms with Crippen LogP contribution in [-0.2, 0) is 0 Å². The lowest BCUT2D eigenvalue weighted by atomic mass is 9.98. The first kappa shape index (κ1) is 14.7. The van der Waals surface area contributed by atoms with Gasteiger partial charge >= 0.3 is 0 Å². The minimum absolute atomic E-state index is 0.00500. The van der Waals surface area contributed by atoms with E-state index in [1.54, 1.807) is 6.07 Å². The summed E-state index contributed by atoms with van der Waals surface area (Å²) in [4.78, 5) is 13.1. The van der Waals surface area contributed by atoms with Gasteiger partial charge in [0.15, 0.2) is 0 Å². The summed E-state index contributed by atoms with van der Waals surface area (Å²) >= 11 is 0. The molecule has 6 nitrogen and oxygen atoms in total. The van der Waals surface area contributed by atoms with Gasteiger partial charge in [0.2, 0.25) is 0 Å². The fraction of sp³-hybridized carbons (Fsp3) is 0.571. The Labute approximate surface area is 118 Å². The molecule has 1 heterocycles. The summed E-state index contributed by atoms with van der Waals surface area (Å²) in [6.07, 6.45) is 1.80. The Morgan fingerprint density at radius 1 is 1.45 bits per heavy atom. The molecule has 2 rings (SSSR count). The second-order valence-corrected chi connectivity index (χ2v) is 5.09. The van der Waals surface area contributed by atoms with Crippen LogP contribution in [-0.4, -0.2) is 41.1 Å². The number of benzene rings is 1. The Balaban J connectivity index is 2.36. The van der Waals surface area contributed by atoms with Gasteiger partial charge in [0.1, 0.15) is 5.75 Å². The van der Waals surface area contributed by atoms with E-state index >= 15 is 0 Å². The van der Waals surface area contributed by atoms with Crippen LogP contribution < -0.4 is 5.32 Å². The Morgan fingerprint density at radius 2 is 2.15 bits per heavy atom. The van der Waals surface area contributed by atoms with Gasteiger partial charge in [0, 0.05) is 38.3 Å². The van der Waals surface area contributed by atoms with Crippen LogP contribution in [0, 0.1) is 10.1 Å². The molecule has 6 heteroatoms. The monoisotopic (exact) mass is 279 g/mol. The van der Waals surface area contributed by atoms with Gasteiger partial charge in [0.25, 0.3) is 5.69 Å². The van der Waals surface area contributed by atoms with Gasteiger partial charge in [-0.2, -0.15) is 0 Å². The van der Waals surface area contributed by atoms with Crippen molar-refractivity contribution in [3.05, 3.63) is 33.9 Å². The first-order valence-corrected chi connectivity index (χ1v) is 7.05. The van der Waals surface area contributed by atoms with Crippen LogP contribution >= 0.6 is 0 Å². The van der Waals surface area contributed by atoms with Gasteiger partial charge in [-0.1, -0.05) is 13.3 Å². The zero-order chi connectivity index (χ0) is 14.5. The maximum atomic E-state index is 11.2. The van der Waals surface area contributed by atoms with Crippen molar-refractivity contribution in [2.24, 2.45) is 0 Å². The molecule has 1 aliphatic heterocycles. The fourth-order valence-electron chi connectivity index (χ4n) is 2.78. The third-order valence-corrected chi connectivity index (χ3v) is 3.72. The molecule has 0 spiro atoms. The van der Waals surface area contributed by atoms with Gasteiger partial charge in [-0.15, -0.1) is 0 Å². The molecule has 110 valence electrons. The molecule has 0 amide bonds. The minimum atomic E-state index is -0.361. The highest BCUT2D eigenvalue weighted by molar-refractivity contribution is 5.46. The number of phenolic OH excluding ortho intramolecular Hbond substituents is 1. The summed E-state index contributed by atoms with van der Waals surface area (Å²) in [5.74, 6) is 0.0850. The van der Waals surface area contributed by atoms with Crippen molar-refractivity contribution in [1.82, 2.24) is 10.2 Å². The summed E-state index contributed by atoms with van der Waals surface area (Å²) in [6, 6.07) is 4.31. The van der Waals surface area contributed by atoms with Crippen molar-refractivity contribution in [3.8, 4) is 5.75 Å². The molecule has 1 aromatic rings. The average Bonchev–Trinajstić information content (AvgIpc) is 2.45. The number of nitro groups is 1. The molecule has 1 fully saturated rings. The number of nitrogens with zero attached hydrogens (tertiary/aromatic N) is 2. The first-order chi connectivity index (χ1) is 9.63. The molecule has 1 aromatic carbocycles. The molecule has 1 atom stereocenters. The number of nitro benzene ring substituents is 1. The lowest BCUT2D eigenvalue weighted by Gasteiger charge is -2.35. The highest BCUT2D eigenvalue weighted by atomic mass is 16.6. The normalized spacial score (nSPS) is 17.9. The van der Waals surface area contributed by atoms with Gasteiger partial charge in [0.05, 0.1) is 10.5 Å². The molecular formula is C14H21N3O3. The average molecular weight is 279 g/mol. The molecule has 0 aliphatic carbocycles. The Bertz CT molecular complexity index is 473. The van der Waals surface area contributed by atoms with Crippen molar-refractivity contribution >= 4 is 5.69 Å². The van der Waals surface area contributed by atoms with Crippen LogP contribution in [0.5, 0.6) is 5.75 Å². The van der Waals surface area contributed by atoms with E-state index in [2.05, 4.69) is 17.1 Å². The number of hydrogen-bond acceptors (Lipinski definition) is 5. The largest absolute Gasteiger partial charge is 0.508 e. The Hall–Kier alpha value is -1.66. The number of nitrogens with one attached hydrogen (secondary N) is 1. The highest BCUT2D eigenvalue weighted by Crippen LogP contribution is 2.35. The number of piperazine rings is 1. The summed E-state index contributed by atoms with van der Waals surface area (Å²) in [5, 5.41) is 24.2. The van der Waals surface area contributed by atoms with Crippen molar-refractivity contribution < 1.29 is 10.0 Å². The lowest BCUT2D eigenvalue weighted by Crippen LogP contribution is -2.45. The number of rotatable bonds is 5. The minimum Gasteiger partial charge on any atom is -0.508 e. The summed E-state index contributed by atoms with van der Waals surface area (Å²) < 4.78 is 0. The van der Waals surface area contributed by atoms with Crippen LogP contribution in [0.4, 0.5) is 5.69 Å². The van der Waals surface area contributed by atoms with Crippen LogP contribution in [0.2, 0.25) is 0 Å². The first-order valence-electron chi connectivity index (χ1n) is 7.05. The van der Waals surface area contributed by atoms with E-state index in [4.69, 9.17) is 0 Å². The van der Waals surface area contributed by atoms with E-state index < -0.39 is 0 Å². The molecule has 0 saturated carbocycles. The van der Waals surface area contributed by atoms with E-state index in [0.29, 0.717) is 5.56 Å². The van der Waals surface area contributed by atoms with Crippen molar-refractivity contribution in [3.63, 3.8) is 0 Å². The predicted molar refractivity (Wildman–Crippen MR) is 76.9 cm³/mol. The van der Waals surface area contributed by atoms with Crippen LogP contribution in [0.15, 0.2) is 18.2 Å². The molecular weight excluding hydrogens is 258 g/mol. The standard InChI is InChI=1S/C14H21N3O3/c1-2-3-13(16-8-6-15-7-9-16)12-10-11(18)4-5-14(12)17(19)20/h4-5,10,13,15,18H,2-3,6-9H2,1H3/t13-/m1/s1. The van der Waals surface area contributed by atoms with Gasteiger partial charge in [-0.25, -0.2) is 0 Å². The second-order valence-electron chi connectivity index (χ2n) is 5.09. The van der Waals surface area contributed by atoms with Crippen molar-refractivity contribution in [2.75, 3.05) is 26.2 Å². The van der Waals surface area contributed by atoms with E-state index in [1.165, 1.54) is 12.1 Å². The quantitative estimate of drug-likeness (QED) is 0.637. The van der Waals surface area contributed by atoms with Crippen LogP contribution in [0.3, 0.4) is 0 Å². The van der Waals surface area contributed by atoms with E-state index in [-0.39, 0.29) is 22.4 Å². The van der Waals surface area contributed by atoms with Crippen molar-refractivity contribution in [2.45, 2.75) is 25.8 Å². The van der Waals surface area contributed by atoms with E-state index in [1.807, 2.05) is 0 Å². The topological polar surface area (TPSA) is 78.6 Å². The number of hydrogen-bond donors (Lipinski definition) is 2. The summed E-state index contributed by atoms with van der Waals surface area (Å²) in [6.45, 7) is 5.61. The fourth-order valence-corrected chi connectivity index (χ4v) is 2.78. The van der Waals surface area contributed by atoms with Crippen LogP contribution in [0.25, 0.3) is 0 Å². The van der Waals surface area contributed by atoms with E-state index in [9.17, 15) is 15.2 Å². The van der Waals surface area contributed by atoms with Gasteiger partial charge < -0.3 is 10.4 Å². The second kappa shape index (κ2) is 6.67. The summed E-state index contributed by atoms with van der Waals surface area (Å²) in [7, 11) is 0. The predicted octanol–water partition coefficient (Wildman–Crippen LogP) is 2.05. The summed E-state index contributed by atoms with van der Waals surface area (Å²) in [5.41, 5.74) is 0.721. The molecule has 1 aliphatic rings. The number of aromatic hydroxyl groups is 1. The third-order valence-electron chi connectivity index (χ3n) is 3.72. The van der Waals surface area contributed by atoms with E-state index in [0.717, 1.165) is 39.0 Å². The molecule has 20 heavy (non-hydrogen) atoms. The number of phenols is 1. The SMILES string of the molecule is CCC[C@H](c1cc(O)ccc1[N+](=O)[O-])N1CCNCC1. The van der Waals surface area contributed by atoms with Crippen LogP contribution in [0.1, 0.15) is 31.4 Å².